The van der Waals surface area contributed by atoms with Gasteiger partial charge in [-0.3, -0.25) is 4.79 Å². The van der Waals surface area contributed by atoms with E-state index in [9.17, 15) is 4.79 Å². The smallest absolute Gasteiger partial charge is 0.136 e. The number of aryl methyl sites for hydroxylation is 3. The van der Waals surface area contributed by atoms with E-state index in [1.807, 2.05) is 31.2 Å². The number of hydrogen-bond acceptors (Lipinski definition) is 3. The predicted molar refractivity (Wildman–Crippen MR) is 140 cm³/mol. The standard InChI is InChI=1S/C31H38O3/c1-6-28(14-12-26-13-16-30(22(2)18-26)33-20-24(4)25(5)32)29-15-17-31(23(3)19-29)34-21-27-10-8-7-9-11-27/h7-11,13,15-19,24,28H,6,12,14,20-21H2,1-5H3. The summed E-state index contributed by atoms with van der Waals surface area (Å²) in [5.74, 6) is 2.40. The Morgan fingerprint density at radius 1 is 0.853 bits per heavy atom. The van der Waals surface area contributed by atoms with Crippen LogP contribution in [-0.2, 0) is 17.8 Å². The molecule has 3 aromatic rings. The molecule has 0 aliphatic rings. The van der Waals surface area contributed by atoms with Gasteiger partial charge in [-0.25, -0.2) is 0 Å². The van der Waals surface area contributed by atoms with Gasteiger partial charge in [0.1, 0.15) is 23.9 Å². The van der Waals surface area contributed by atoms with Gasteiger partial charge in [0.25, 0.3) is 0 Å². The van der Waals surface area contributed by atoms with Crippen molar-refractivity contribution in [3.05, 3.63) is 94.5 Å². The van der Waals surface area contributed by atoms with Crippen LogP contribution in [0.3, 0.4) is 0 Å². The molecule has 0 radical (unpaired) electrons. The van der Waals surface area contributed by atoms with Gasteiger partial charge in [0.05, 0.1) is 6.61 Å². The van der Waals surface area contributed by atoms with Crippen LogP contribution in [0.1, 0.15) is 67.3 Å². The van der Waals surface area contributed by atoms with Gasteiger partial charge in [-0.15, -0.1) is 0 Å². The first-order valence-corrected chi connectivity index (χ1v) is 12.4. The van der Waals surface area contributed by atoms with Crippen molar-refractivity contribution < 1.29 is 14.3 Å². The highest BCUT2D eigenvalue weighted by Gasteiger charge is 2.13. The van der Waals surface area contributed by atoms with Crippen molar-refractivity contribution in [2.24, 2.45) is 5.92 Å². The molecule has 0 aliphatic carbocycles. The number of rotatable bonds is 12. The molecule has 2 atom stereocenters. The lowest BCUT2D eigenvalue weighted by molar-refractivity contribution is -0.121. The van der Waals surface area contributed by atoms with Gasteiger partial charge in [-0.05, 0) is 85.9 Å². The molecule has 0 aromatic heterocycles. The van der Waals surface area contributed by atoms with E-state index in [1.165, 1.54) is 22.3 Å². The third kappa shape index (κ3) is 7.21. The summed E-state index contributed by atoms with van der Waals surface area (Å²) in [5, 5.41) is 0. The van der Waals surface area contributed by atoms with Crippen LogP contribution in [-0.4, -0.2) is 12.4 Å². The number of hydrogen-bond donors (Lipinski definition) is 0. The Labute approximate surface area is 205 Å². The summed E-state index contributed by atoms with van der Waals surface area (Å²) in [5.41, 5.74) is 6.18. The maximum absolute atomic E-state index is 11.4. The molecule has 0 saturated carbocycles. The first-order valence-electron chi connectivity index (χ1n) is 12.4. The van der Waals surface area contributed by atoms with Gasteiger partial charge >= 0.3 is 0 Å². The molecule has 0 bridgehead atoms. The van der Waals surface area contributed by atoms with Gasteiger partial charge in [0.2, 0.25) is 0 Å². The van der Waals surface area contributed by atoms with E-state index in [0.29, 0.717) is 19.1 Å². The van der Waals surface area contributed by atoms with E-state index in [-0.39, 0.29) is 11.7 Å². The lowest BCUT2D eigenvalue weighted by atomic mass is 9.89. The Morgan fingerprint density at radius 3 is 2.18 bits per heavy atom. The van der Waals surface area contributed by atoms with Crippen molar-refractivity contribution in [1.29, 1.82) is 0 Å². The zero-order valence-corrected chi connectivity index (χ0v) is 21.3. The number of ether oxygens (including phenoxy) is 2. The lowest BCUT2D eigenvalue weighted by Gasteiger charge is -2.18. The zero-order chi connectivity index (χ0) is 24.5. The monoisotopic (exact) mass is 458 g/mol. The molecular weight excluding hydrogens is 420 g/mol. The van der Waals surface area contributed by atoms with Gasteiger partial charge in [0.15, 0.2) is 0 Å². The lowest BCUT2D eigenvalue weighted by Crippen LogP contribution is -2.16. The van der Waals surface area contributed by atoms with Gasteiger partial charge < -0.3 is 9.47 Å². The Hall–Kier alpha value is -3.07. The molecular formula is C31H38O3. The van der Waals surface area contributed by atoms with Crippen molar-refractivity contribution in [3.63, 3.8) is 0 Å². The Balaban J connectivity index is 1.58. The second-order valence-electron chi connectivity index (χ2n) is 9.37. The Bertz CT molecular complexity index is 1070. The van der Waals surface area contributed by atoms with Crippen LogP contribution in [0, 0.1) is 19.8 Å². The van der Waals surface area contributed by atoms with E-state index in [4.69, 9.17) is 9.47 Å². The fraction of sp³-hybridized carbons (Fsp3) is 0.387. The molecule has 34 heavy (non-hydrogen) atoms. The molecule has 0 saturated heterocycles. The van der Waals surface area contributed by atoms with Crippen LogP contribution in [0.15, 0.2) is 66.7 Å². The normalized spacial score (nSPS) is 12.7. The third-order valence-electron chi connectivity index (χ3n) is 6.60. The predicted octanol–water partition coefficient (Wildman–Crippen LogP) is 7.61. The van der Waals surface area contributed by atoms with Crippen molar-refractivity contribution >= 4 is 5.78 Å². The molecule has 3 heteroatoms. The van der Waals surface area contributed by atoms with Crippen LogP contribution in [0.4, 0.5) is 0 Å². The summed E-state index contributed by atoms with van der Waals surface area (Å²) in [6, 6.07) is 23.3. The SMILES string of the molecule is CCC(CCc1ccc(OCC(C)C(C)=O)c(C)c1)c1ccc(OCc2ccccc2)c(C)c1. The van der Waals surface area contributed by atoms with E-state index in [2.05, 4.69) is 63.2 Å². The minimum Gasteiger partial charge on any atom is -0.493 e. The number of benzene rings is 3. The van der Waals surface area contributed by atoms with Crippen LogP contribution in [0.2, 0.25) is 0 Å². The van der Waals surface area contributed by atoms with Gasteiger partial charge in [0, 0.05) is 5.92 Å². The Kier molecular flexibility index (Phi) is 9.33. The maximum atomic E-state index is 11.4. The first kappa shape index (κ1) is 25.6. The average molecular weight is 459 g/mol. The molecule has 180 valence electrons. The van der Waals surface area contributed by atoms with E-state index >= 15 is 0 Å². The van der Waals surface area contributed by atoms with Crippen LogP contribution in [0.25, 0.3) is 0 Å². The number of Topliss-reactive ketones (excluding diaryl/α,β-unsaturated/α-hetero) is 1. The second-order valence-corrected chi connectivity index (χ2v) is 9.37. The number of carbonyl (C=O) groups excluding carboxylic acids is 1. The summed E-state index contributed by atoms with van der Waals surface area (Å²) in [7, 11) is 0. The number of ketones is 1. The highest BCUT2D eigenvalue weighted by atomic mass is 16.5. The van der Waals surface area contributed by atoms with Crippen LogP contribution in [0.5, 0.6) is 11.5 Å². The van der Waals surface area contributed by atoms with Crippen LogP contribution >= 0.6 is 0 Å². The molecule has 3 rings (SSSR count). The van der Waals surface area contributed by atoms with Crippen molar-refractivity contribution in [3.8, 4) is 11.5 Å². The Morgan fingerprint density at radius 2 is 1.53 bits per heavy atom. The summed E-state index contributed by atoms with van der Waals surface area (Å²) < 4.78 is 11.9. The summed E-state index contributed by atoms with van der Waals surface area (Å²) in [6.07, 6.45) is 3.22. The van der Waals surface area contributed by atoms with Gasteiger partial charge in [-0.1, -0.05) is 68.4 Å². The second kappa shape index (κ2) is 12.4. The van der Waals surface area contributed by atoms with Crippen molar-refractivity contribution in [2.75, 3.05) is 6.61 Å². The topological polar surface area (TPSA) is 35.5 Å². The minimum atomic E-state index is -0.0806. The van der Waals surface area contributed by atoms with Gasteiger partial charge in [-0.2, -0.15) is 0 Å². The fourth-order valence-electron chi connectivity index (χ4n) is 4.13. The first-order chi connectivity index (χ1) is 16.4. The maximum Gasteiger partial charge on any atom is 0.136 e. The largest absolute Gasteiger partial charge is 0.493 e. The highest BCUT2D eigenvalue weighted by Crippen LogP contribution is 2.30. The molecule has 2 unspecified atom stereocenters. The summed E-state index contributed by atoms with van der Waals surface area (Å²) >= 11 is 0. The third-order valence-corrected chi connectivity index (χ3v) is 6.60. The molecule has 0 aliphatic heterocycles. The molecule has 0 spiro atoms. The minimum absolute atomic E-state index is 0.0806. The average Bonchev–Trinajstić information content (AvgIpc) is 2.83. The molecule has 0 N–H and O–H groups in total. The zero-order valence-electron chi connectivity index (χ0n) is 21.3. The molecule has 0 heterocycles. The quantitative estimate of drug-likeness (QED) is 0.280. The highest BCUT2D eigenvalue weighted by molar-refractivity contribution is 5.78. The summed E-state index contributed by atoms with van der Waals surface area (Å²) in [6.45, 7) is 11.0. The van der Waals surface area contributed by atoms with Crippen molar-refractivity contribution in [2.45, 2.75) is 66.4 Å². The van der Waals surface area contributed by atoms with E-state index in [1.54, 1.807) is 6.92 Å². The van der Waals surface area contributed by atoms with E-state index in [0.717, 1.165) is 36.3 Å². The molecule has 0 fully saturated rings. The molecule has 0 amide bonds. The molecule has 3 aromatic carbocycles. The van der Waals surface area contributed by atoms with Crippen molar-refractivity contribution in [1.82, 2.24) is 0 Å². The van der Waals surface area contributed by atoms with E-state index < -0.39 is 0 Å². The molecule has 3 nitrogen and oxygen atoms in total. The summed E-state index contributed by atoms with van der Waals surface area (Å²) in [4.78, 5) is 11.4. The van der Waals surface area contributed by atoms with Crippen LogP contribution < -0.4 is 9.47 Å². The fourth-order valence-corrected chi connectivity index (χ4v) is 4.13. The number of carbonyl (C=O) groups is 1.